The van der Waals surface area contributed by atoms with Gasteiger partial charge in [0.25, 0.3) is 0 Å². The lowest BCUT2D eigenvalue weighted by Gasteiger charge is -2.16. The Balaban J connectivity index is 1.69. The van der Waals surface area contributed by atoms with Crippen LogP contribution in [0.5, 0.6) is 0 Å². The van der Waals surface area contributed by atoms with Gasteiger partial charge in [0.1, 0.15) is 11.8 Å². The number of rotatable bonds is 4. The van der Waals surface area contributed by atoms with Gasteiger partial charge < -0.3 is 14.6 Å². The van der Waals surface area contributed by atoms with Crippen LogP contribution >= 0.6 is 0 Å². The lowest BCUT2D eigenvalue weighted by atomic mass is 9.96. The van der Waals surface area contributed by atoms with E-state index in [0.717, 1.165) is 48.6 Å². The first kappa shape index (κ1) is 15.1. The van der Waals surface area contributed by atoms with Crippen molar-refractivity contribution in [3.63, 3.8) is 0 Å². The molecule has 3 aromatic rings. The molecule has 1 aromatic carbocycles. The number of hydrogen-bond donors (Lipinski definition) is 1. The van der Waals surface area contributed by atoms with Crippen LogP contribution in [0.15, 0.2) is 36.8 Å². The summed E-state index contributed by atoms with van der Waals surface area (Å²) in [6.45, 7) is 3.89. The van der Waals surface area contributed by atoms with E-state index in [2.05, 4.69) is 45.0 Å². The molecule has 1 atom stereocenters. The van der Waals surface area contributed by atoms with Crippen LogP contribution in [0.4, 0.5) is 11.5 Å². The number of aromatic nitrogens is 3. The van der Waals surface area contributed by atoms with Crippen LogP contribution < -0.4 is 5.32 Å². The molecular formula is C19H22N4O. The minimum Gasteiger partial charge on any atom is -0.381 e. The van der Waals surface area contributed by atoms with Gasteiger partial charge in [0.05, 0.1) is 5.52 Å². The van der Waals surface area contributed by atoms with E-state index >= 15 is 0 Å². The Hall–Kier alpha value is -2.40. The highest BCUT2D eigenvalue weighted by atomic mass is 16.5. The van der Waals surface area contributed by atoms with E-state index in [1.54, 1.807) is 6.33 Å². The molecule has 1 fully saturated rings. The van der Waals surface area contributed by atoms with Crippen molar-refractivity contribution in [2.75, 3.05) is 18.5 Å². The molecule has 0 unspecified atom stereocenters. The Morgan fingerprint density at radius 1 is 1.29 bits per heavy atom. The molecule has 0 radical (unpaired) electrons. The van der Waals surface area contributed by atoms with Crippen molar-refractivity contribution in [3.05, 3.63) is 47.9 Å². The maximum atomic E-state index is 5.54. The molecule has 1 saturated heterocycles. The van der Waals surface area contributed by atoms with Crippen molar-refractivity contribution in [2.24, 2.45) is 13.0 Å². The van der Waals surface area contributed by atoms with Crippen molar-refractivity contribution in [1.29, 1.82) is 0 Å². The molecular weight excluding hydrogens is 300 g/mol. The molecule has 0 bridgehead atoms. The molecule has 3 heterocycles. The Morgan fingerprint density at radius 3 is 3.04 bits per heavy atom. The van der Waals surface area contributed by atoms with Gasteiger partial charge in [-0.3, -0.25) is 0 Å². The van der Waals surface area contributed by atoms with Gasteiger partial charge >= 0.3 is 0 Å². The molecule has 0 saturated carbocycles. The molecule has 124 valence electrons. The quantitative estimate of drug-likeness (QED) is 0.797. The maximum Gasteiger partial charge on any atom is 0.158 e. The summed E-state index contributed by atoms with van der Waals surface area (Å²) in [6, 6.07) is 8.57. The van der Waals surface area contributed by atoms with E-state index in [-0.39, 0.29) is 0 Å². The molecule has 0 amide bonds. The molecule has 0 aliphatic carbocycles. The fraction of sp³-hybridized carbons (Fsp3) is 0.368. The highest BCUT2D eigenvalue weighted by Crippen LogP contribution is 2.29. The van der Waals surface area contributed by atoms with Crippen LogP contribution in [0.25, 0.3) is 11.0 Å². The van der Waals surface area contributed by atoms with E-state index < -0.39 is 0 Å². The summed E-state index contributed by atoms with van der Waals surface area (Å²) in [6.07, 6.45) is 5.80. The highest BCUT2D eigenvalue weighted by Gasteiger charge is 2.18. The van der Waals surface area contributed by atoms with Crippen LogP contribution in [0.1, 0.15) is 17.5 Å². The number of fused-ring (bicyclic) bond motifs is 1. The number of nitrogens with zero attached hydrogens (tertiary/aromatic N) is 3. The number of nitrogens with one attached hydrogen (secondary N) is 1. The van der Waals surface area contributed by atoms with Gasteiger partial charge in [-0.25, -0.2) is 9.97 Å². The first-order chi connectivity index (χ1) is 11.7. The normalized spacial score (nSPS) is 17.5. The molecule has 0 spiro atoms. The second-order valence-electron chi connectivity index (χ2n) is 6.60. The van der Waals surface area contributed by atoms with E-state index in [9.17, 15) is 0 Å². The minimum absolute atomic E-state index is 0.604. The molecule has 5 heteroatoms. The third kappa shape index (κ3) is 2.87. The zero-order chi connectivity index (χ0) is 16.5. The molecule has 24 heavy (non-hydrogen) atoms. The zero-order valence-electron chi connectivity index (χ0n) is 14.1. The highest BCUT2D eigenvalue weighted by molar-refractivity contribution is 5.88. The number of ether oxygens (including phenoxy) is 1. The van der Waals surface area contributed by atoms with Crippen LogP contribution in [-0.2, 0) is 18.2 Å². The average molecular weight is 322 g/mol. The third-order valence-corrected chi connectivity index (χ3v) is 4.71. The number of hydrogen-bond acceptors (Lipinski definition) is 4. The van der Waals surface area contributed by atoms with Crippen LogP contribution in [0.2, 0.25) is 0 Å². The van der Waals surface area contributed by atoms with Gasteiger partial charge in [-0.05, 0) is 43.4 Å². The Kier molecular flexibility index (Phi) is 3.94. The average Bonchev–Trinajstić information content (AvgIpc) is 3.21. The summed E-state index contributed by atoms with van der Waals surface area (Å²) >= 11 is 0. The summed E-state index contributed by atoms with van der Waals surface area (Å²) in [5, 5.41) is 3.53. The van der Waals surface area contributed by atoms with E-state index in [4.69, 9.17) is 4.74 Å². The maximum absolute atomic E-state index is 5.54. The smallest absolute Gasteiger partial charge is 0.158 e. The summed E-state index contributed by atoms with van der Waals surface area (Å²) in [4.78, 5) is 8.80. The van der Waals surface area contributed by atoms with Gasteiger partial charge in [0.15, 0.2) is 5.82 Å². The minimum atomic E-state index is 0.604. The fourth-order valence-corrected chi connectivity index (χ4v) is 3.41. The number of benzene rings is 1. The molecule has 2 aromatic heterocycles. The van der Waals surface area contributed by atoms with E-state index in [1.165, 1.54) is 11.1 Å². The van der Waals surface area contributed by atoms with Crippen molar-refractivity contribution in [3.8, 4) is 0 Å². The standard InChI is InChI=1S/C19H22N4O/c1-13-3-4-16(15(9-13)10-14-6-8-24-11-14)22-19-18-17(20-12-21-19)5-7-23(18)2/h3-5,7,9,12,14H,6,8,10-11H2,1-2H3,(H,20,21,22)/t14-/m0/s1. The third-order valence-electron chi connectivity index (χ3n) is 4.71. The summed E-state index contributed by atoms with van der Waals surface area (Å²) < 4.78 is 7.59. The van der Waals surface area contributed by atoms with Crippen LogP contribution in [0.3, 0.4) is 0 Å². The molecule has 1 N–H and O–H groups in total. The first-order valence-electron chi connectivity index (χ1n) is 8.41. The summed E-state index contributed by atoms with van der Waals surface area (Å²) in [5.41, 5.74) is 5.70. The van der Waals surface area contributed by atoms with Crippen LogP contribution in [-0.4, -0.2) is 27.7 Å². The lowest BCUT2D eigenvalue weighted by Crippen LogP contribution is -2.07. The van der Waals surface area contributed by atoms with Gasteiger partial charge in [-0.1, -0.05) is 17.7 Å². The fourth-order valence-electron chi connectivity index (χ4n) is 3.41. The number of aryl methyl sites for hydroxylation is 2. The molecule has 1 aliphatic heterocycles. The second kappa shape index (κ2) is 6.24. The zero-order valence-corrected chi connectivity index (χ0v) is 14.1. The van der Waals surface area contributed by atoms with Gasteiger partial charge in [-0.2, -0.15) is 0 Å². The van der Waals surface area contributed by atoms with Crippen molar-refractivity contribution < 1.29 is 4.74 Å². The topological polar surface area (TPSA) is 52.0 Å². The monoisotopic (exact) mass is 322 g/mol. The predicted octanol–water partition coefficient (Wildman–Crippen LogP) is 3.60. The molecule has 5 nitrogen and oxygen atoms in total. The van der Waals surface area contributed by atoms with Crippen molar-refractivity contribution in [2.45, 2.75) is 19.8 Å². The van der Waals surface area contributed by atoms with Gasteiger partial charge in [0.2, 0.25) is 0 Å². The van der Waals surface area contributed by atoms with Gasteiger partial charge in [0, 0.05) is 32.1 Å². The predicted molar refractivity (Wildman–Crippen MR) is 95.6 cm³/mol. The van der Waals surface area contributed by atoms with Crippen molar-refractivity contribution >= 4 is 22.5 Å². The first-order valence-corrected chi connectivity index (χ1v) is 8.41. The molecule has 1 aliphatic rings. The van der Waals surface area contributed by atoms with Gasteiger partial charge in [-0.15, -0.1) is 0 Å². The summed E-state index contributed by atoms with van der Waals surface area (Å²) in [7, 11) is 2.02. The van der Waals surface area contributed by atoms with E-state index in [1.807, 2.05) is 19.3 Å². The largest absolute Gasteiger partial charge is 0.381 e. The molecule has 4 rings (SSSR count). The SMILES string of the molecule is Cc1ccc(Nc2ncnc3ccn(C)c23)c(C[C@@H]2CCOC2)c1. The van der Waals surface area contributed by atoms with Crippen LogP contribution in [0, 0.1) is 12.8 Å². The Labute approximate surface area is 141 Å². The second-order valence-corrected chi connectivity index (χ2v) is 6.60. The van der Waals surface area contributed by atoms with E-state index in [0.29, 0.717) is 5.92 Å². The van der Waals surface area contributed by atoms with Crippen molar-refractivity contribution in [1.82, 2.24) is 14.5 Å². The Bertz CT molecular complexity index is 865. The Morgan fingerprint density at radius 2 is 2.21 bits per heavy atom. The summed E-state index contributed by atoms with van der Waals surface area (Å²) in [5.74, 6) is 1.45. The lowest BCUT2D eigenvalue weighted by molar-refractivity contribution is 0.186. The number of anilines is 2.